The van der Waals surface area contributed by atoms with E-state index in [1.807, 2.05) is 0 Å². The number of sulfone groups is 1. The molecular weight excluding hydrogens is 499 g/mol. The van der Waals surface area contributed by atoms with Crippen molar-refractivity contribution >= 4 is 26.7 Å². The van der Waals surface area contributed by atoms with Crippen molar-refractivity contribution < 1.29 is 36.2 Å². The van der Waals surface area contributed by atoms with Crippen molar-refractivity contribution in [2.75, 3.05) is 11.5 Å². The van der Waals surface area contributed by atoms with E-state index in [1.54, 1.807) is 27.7 Å². The molecule has 0 amide bonds. The van der Waals surface area contributed by atoms with Crippen LogP contribution >= 0.6 is 0 Å². The summed E-state index contributed by atoms with van der Waals surface area (Å²) in [5, 5.41) is 15.1. The number of halogens is 3. The fraction of sp³-hybridized carbons (Fsp3) is 0.458. The minimum Gasteiger partial charge on any atom is -0.435 e. The molecule has 1 N–H and O–H groups in total. The van der Waals surface area contributed by atoms with Gasteiger partial charge in [-0.15, -0.1) is 0 Å². The lowest BCUT2D eigenvalue weighted by atomic mass is 9.86. The Bertz CT molecular complexity index is 1440. The van der Waals surface area contributed by atoms with Gasteiger partial charge in [0.25, 0.3) is 0 Å². The van der Waals surface area contributed by atoms with Crippen LogP contribution in [-0.4, -0.2) is 57.8 Å². The van der Waals surface area contributed by atoms with Gasteiger partial charge in [0.1, 0.15) is 22.8 Å². The molecule has 1 aliphatic heterocycles. The van der Waals surface area contributed by atoms with Crippen LogP contribution in [0.3, 0.4) is 0 Å². The topological polar surface area (TPSA) is 111 Å². The predicted octanol–water partition coefficient (Wildman–Crippen LogP) is 4.18. The molecule has 1 fully saturated rings. The van der Waals surface area contributed by atoms with Gasteiger partial charge in [-0.2, -0.15) is 13.9 Å². The number of rotatable bonds is 8. The number of hydrogen-bond donors (Lipinski definition) is 1. The lowest BCUT2D eigenvalue weighted by molar-refractivity contribution is -0.0498. The van der Waals surface area contributed by atoms with Crippen LogP contribution < -0.4 is 4.74 Å². The van der Waals surface area contributed by atoms with E-state index in [0.717, 1.165) is 18.2 Å². The second-order valence-corrected chi connectivity index (χ2v) is 12.2. The van der Waals surface area contributed by atoms with E-state index in [1.165, 1.54) is 16.9 Å². The maximum atomic E-state index is 14.8. The predicted molar refractivity (Wildman–Crippen MR) is 126 cm³/mol. The molecule has 1 unspecified atom stereocenters. The molecule has 4 rings (SSSR count). The number of fused-ring (bicyclic) bond motifs is 1. The number of carbonyl (C=O) groups is 1. The molecule has 8 nitrogen and oxygen atoms in total. The summed E-state index contributed by atoms with van der Waals surface area (Å²) in [4.78, 5) is 17.3. The Morgan fingerprint density at radius 2 is 1.94 bits per heavy atom. The third kappa shape index (κ3) is 5.10. The molecule has 0 saturated carbocycles. The molecule has 36 heavy (non-hydrogen) atoms. The van der Waals surface area contributed by atoms with Crippen molar-refractivity contribution in [3.05, 3.63) is 41.8 Å². The Balaban J connectivity index is 1.82. The SMILES string of the molecule is CC(n1nc(-c2cc(OC(F)F)ccc2F)c2ncc(C(=O)CC3(C)CS(=O)(=O)C3)cc21)C(C)(C)O. The molecule has 1 saturated heterocycles. The van der Waals surface area contributed by atoms with Gasteiger partial charge in [0.05, 0.1) is 28.7 Å². The normalized spacial score (nSPS) is 17.7. The van der Waals surface area contributed by atoms with Gasteiger partial charge >= 0.3 is 6.61 Å². The fourth-order valence-corrected chi connectivity index (χ4v) is 6.66. The summed E-state index contributed by atoms with van der Waals surface area (Å²) < 4.78 is 69.3. The van der Waals surface area contributed by atoms with Crippen LogP contribution in [0, 0.1) is 11.2 Å². The number of alkyl halides is 2. The maximum absolute atomic E-state index is 14.8. The molecule has 0 spiro atoms. The zero-order chi connectivity index (χ0) is 26.6. The quantitative estimate of drug-likeness (QED) is 0.439. The Morgan fingerprint density at radius 1 is 1.28 bits per heavy atom. The smallest absolute Gasteiger partial charge is 0.387 e. The standard InChI is InChI=1S/C24H26F3N3O5S/c1-13(23(2,3)32)30-18-7-14(19(31)9-24(4)11-36(33,34)12-24)10-28-21(18)20(29-30)16-8-15(35-22(26)27)5-6-17(16)25/h5-8,10,13,22,32H,9,11-12H2,1-4H3. The Kier molecular flexibility index (Phi) is 6.40. The van der Waals surface area contributed by atoms with Gasteiger partial charge in [0.2, 0.25) is 0 Å². The van der Waals surface area contributed by atoms with Crippen molar-refractivity contribution in [1.82, 2.24) is 14.8 Å². The number of aromatic nitrogens is 3. The molecular formula is C24H26F3N3O5S. The van der Waals surface area contributed by atoms with E-state index in [0.29, 0.717) is 5.52 Å². The molecule has 0 aliphatic carbocycles. The van der Waals surface area contributed by atoms with E-state index in [2.05, 4.69) is 14.8 Å². The largest absolute Gasteiger partial charge is 0.435 e. The van der Waals surface area contributed by atoms with Crippen LogP contribution in [0.1, 0.15) is 50.5 Å². The monoisotopic (exact) mass is 525 g/mol. The molecule has 2 aromatic heterocycles. The van der Waals surface area contributed by atoms with Crippen LogP contribution in [0.2, 0.25) is 0 Å². The van der Waals surface area contributed by atoms with Crippen molar-refractivity contribution in [3.63, 3.8) is 0 Å². The lowest BCUT2D eigenvalue weighted by Crippen LogP contribution is -2.47. The highest BCUT2D eigenvalue weighted by atomic mass is 32.2. The van der Waals surface area contributed by atoms with E-state index in [9.17, 15) is 31.5 Å². The first-order chi connectivity index (χ1) is 16.6. The summed E-state index contributed by atoms with van der Waals surface area (Å²) in [6, 6.07) is 3.98. The third-order valence-electron chi connectivity index (χ3n) is 6.40. The summed E-state index contributed by atoms with van der Waals surface area (Å²) in [6.07, 6.45) is 1.30. The van der Waals surface area contributed by atoms with Gasteiger partial charge in [0.15, 0.2) is 15.6 Å². The van der Waals surface area contributed by atoms with Gasteiger partial charge in [-0.1, -0.05) is 6.92 Å². The van der Waals surface area contributed by atoms with E-state index < -0.39 is 39.3 Å². The van der Waals surface area contributed by atoms with Crippen LogP contribution in [0.4, 0.5) is 13.2 Å². The summed E-state index contributed by atoms with van der Waals surface area (Å²) >= 11 is 0. The minimum absolute atomic E-state index is 0.00307. The van der Waals surface area contributed by atoms with Crippen LogP contribution in [-0.2, 0) is 9.84 Å². The molecule has 0 bridgehead atoms. The van der Waals surface area contributed by atoms with E-state index in [4.69, 9.17) is 0 Å². The number of pyridine rings is 1. The number of carbonyl (C=O) groups excluding carboxylic acids is 1. The number of ketones is 1. The average Bonchev–Trinajstić information content (AvgIpc) is 3.10. The zero-order valence-electron chi connectivity index (χ0n) is 20.1. The molecule has 1 aliphatic rings. The average molecular weight is 526 g/mol. The van der Waals surface area contributed by atoms with E-state index in [-0.39, 0.29) is 51.8 Å². The first kappa shape index (κ1) is 26.1. The molecule has 194 valence electrons. The molecule has 0 radical (unpaired) electrons. The van der Waals surface area contributed by atoms with Crippen molar-refractivity contribution in [2.45, 2.75) is 52.4 Å². The number of hydrogen-bond acceptors (Lipinski definition) is 7. The second-order valence-electron chi connectivity index (χ2n) is 10.2. The number of nitrogens with zero attached hydrogens (tertiary/aromatic N) is 3. The molecule has 3 heterocycles. The second kappa shape index (κ2) is 8.84. The Morgan fingerprint density at radius 3 is 2.53 bits per heavy atom. The molecule has 3 aromatic rings. The maximum Gasteiger partial charge on any atom is 0.387 e. The third-order valence-corrected chi connectivity index (χ3v) is 8.67. The van der Waals surface area contributed by atoms with E-state index >= 15 is 0 Å². The summed E-state index contributed by atoms with van der Waals surface area (Å²) in [6.45, 7) is 3.42. The molecule has 1 atom stereocenters. The van der Waals surface area contributed by atoms with Crippen LogP contribution in [0.25, 0.3) is 22.3 Å². The number of ether oxygens (including phenoxy) is 1. The van der Waals surface area contributed by atoms with Gasteiger partial charge in [-0.05, 0) is 45.0 Å². The fourth-order valence-electron chi connectivity index (χ4n) is 4.42. The van der Waals surface area contributed by atoms with Crippen LogP contribution in [0.15, 0.2) is 30.5 Å². The van der Waals surface area contributed by atoms with Crippen molar-refractivity contribution in [3.8, 4) is 17.0 Å². The Labute approximate surface area is 206 Å². The molecule has 12 heteroatoms. The summed E-state index contributed by atoms with van der Waals surface area (Å²) in [5.41, 5.74) is -1.34. The highest BCUT2D eigenvalue weighted by Crippen LogP contribution is 2.38. The minimum atomic E-state index is -3.13. The zero-order valence-corrected chi connectivity index (χ0v) is 20.9. The van der Waals surface area contributed by atoms with Gasteiger partial charge < -0.3 is 9.84 Å². The first-order valence-electron chi connectivity index (χ1n) is 11.2. The lowest BCUT2D eigenvalue weighted by Gasteiger charge is -2.37. The molecule has 1 aromatic carbocycles. The van der Waals surface area contributed by atoms with Crippen molar-refractivity contribution in [1.29, 1.82) is 0 Å². The first-order valence-corrected chi connectivity index (χ1v) is 13.0. The number of benzene rings is 1. The summed E-state index contributed by atoms with van der Waals surface area (Å²) in [5.74, 6) is -1.48. The number of Topliss-reactive ketones (excluding diaryl/α,β-unsaturated/α-hetero) is 1. The van der Waals surface area contributed by atoms with Gasteiger partial charge in [-0.25, -0.2) is 12.8 Å². The van der Waals surface area contributed by atoms with Gasteiger partial charge in [0, 0.05) is 29.2 Å². The highest BCUT2D eigenvalue weighted by molar-refractivity contribution is 7.92. The highest BCUT2D eigenvalue weighted by Gasteiger charge is 2.45. The number of aliphatic hydroxyl groups is 1. The summed E-state index contributed by atoms with van der Waals surface area (Å²) in [7, 11) is -3.13. The Hall–Kier alpha value is -2.99. The van der Waals surface area contributed by atoms with Crippen molar-refractivity contribution in [2.24, 2.45) is 5.41 Å². The van der Waals surface area contributed by atoms with Gasteiger partial charge in [-0.3, -0.25) is 14.5 Å². The van der Waals surface area contributed by atoms with Crippen LogP contribution in [0.5, 0.6) is 5.75 Å².